The first-order valence-electron chi connectivity index (χ1n) is 15.4. The summed E-state index contributed by atoms with van der Waals surface area (Å²) < 4.78 is 0. The molecule has 0 radical (unpaired) electrons. The SMILES string of the molecule is CCCC1(CCC)CCCC(C2CCCC(C)C(CC)CCCC2C(N)(CC)CC)NCC1. The zero-order chi connectivity index (χ0) is 24.3. The van der Waals surface area contributed by atoms with E-state index in [1.807, 2.05) is 0 Å². The summed E-state index contributed by atoms with van der Waals surface area (Å²) in [6, 6.07) is 0.675. The Kier molecular flexibility index (Phi) is 12.8. The topological polar surface area (TPSA) is 38.0 Å². The smallest absolute Gasteiger partial charge is 0.0180 e. The lowest BCUT2D eigenvalue weighted by atomic mass is 9.64. The molecule has 1 heterocycles. The van der Waals surface area contributed by atoms with Crippen LogP contribution in [-0.4, -0.2) is 18.1 Å². The molecule has 33 heavy (non-hydrogen) atoms. The van der Waals surface area contributed by atoms with E-state index in [-0.39, 0.29) is 5.54 Å². The highest BCUT2D eigenvalue weighted by atomic mass is 14.9. The summed E-state index contributed by atoms with van der Waals surface area (Å²) in [6.45, 7) is 15.6. The molecule has 196 valence electrons. The van der Waals surface area contributed by atoms with E-state index < -0.39 is 0 Å². The van der Waals surface area contributed by atoms with Crippen LogP contribution in [0.15, 0.2) is 0 Å². The lowest BCUT2D eigenvalue weighted by Gasteiger charge is -2.47. The normalized spacial score (nSPS) is 32.6. The van der Waals surface area contributed by atoms with Crippen molar-refractivity contribution in [1.29, 1.82) is 0 Å². The van der Waals surface area contributed by atoms with Gasteiger partial charge in [0.2, 0.25) is 0 Å². The highest BCUT2D eigenvalue weighted by Gasteiger charge is 2.41. The van der Waals surface area contributed by atoms with E-state index in [0.717, 1.165) is 30.6 Å². The van der Waals surface area contributed by atoms with Crippen LogP contribution in [0.2, 0.25) is 0 Å². The van der Waals surface area contributed by atoms with E-state index in [1.165, 1.54) is 103 Å². The standard InChI is InChI=1S/C31H62N2/c1-7-20-30(21-8-2)22-14-19-29(33-24-23-30)27-17-12-15-25(6)26(9-3)16-13-18-28(27)31(32,10-4)11-5/h25-29,33H,7-24,32H2,1-6H3. The summed E-state index contributed by atoms with van der Waals surface area (Å²) in [5, 5.41) is 4.17. The molecular weight excluding hydrogens is 400 g/mol. The molecule has 0 bridgehead atoms. The van der Waals surface area contributed by atoms with Crippen molar-refractivity contribution in [1.82, 2.24) is 5.32 Å². The van der Waals surface area contributed by atoms with Crippen LogP contribution in [0.1, 0.15) is 151 Å². The molecule has 0 amide bonds. The number of hydrogen-bond donors (Lipinski definition) is 2. The van der Waals surface area contributed by atoms with E-state index in [9.17, 15) is 0 Å². The molecule has 0 aromatic heterocycles. The molecule has 1 saturated carbocycles. The fourth-order valence-corrected chi connectivity index (χ4v) is 8.29. The molecule has 2 fully saturated rings. The van der Waals surface area contributed by atoms with Crippen LogP contribution < -0.4 is 11.1 Å². The van der Waals surface area contributed by atoms with Crippen LogP contribution in [0, 0.1) is 29.1 Å². The summed E-state index contributed by atoms with van der Waals surface area (Å²) in [5.74, 6) is 3.24. The maximum Gasteiger partial charge on any atom is 0.0180 e. The van der Waals surface area contributed by atoms with E-state index in [4.69, 9.17) is 5.73 Å². The van der Waals surface area contributed by atoms with Crippen LogP contribution in [0.3, 0.4) is 0 Å². The van der Waals surface area contributed by atoms with Gasteiger partial charge in [-0.05, 0) is 93.4 Å². The van der Waals surface area contributed by atoms with Gasteiger partial charge in [-0.25, -0.2) is 0 Å². The van der Waals surface area contributed by atoms with Gasteiger partial charge in [0.1, 0.15) is 0 Å². The van der Waals surface area contributed by atoms with Crippen molar-refractivity contribution in [2.24, 2.45) is 34.8 Å². The number of rotatable bonds is 9. The minimum atomic E-state index is 0.00934. The molecule has 2 heteroatoms. The van der Waals surface area contributed by atoms with Crippen molar-refractivity contribution in [3.8, 4) is 0 Å². The maximum absolute atomic E-state index is 7.24. The highest BCUT2D eigenvalue weighted by molar-refractivity contribution is 4.98. The molecule has 1 aliphatic carbocycles. The molecule has 0 aromatic rings. The third kappa shape index (κ3) is 7.96. The number of hydrogen-bond acceptors (Lipinski definition) is 2. The van der Waals surface area contributed by atoms with Crippen molar-refractivity contribution in [3.63, 3.8) is 0 Å². The molecular formula is C31H62N2. The first kappa shape index (κ1) is 29.2. The Bertz CT molecular complexity index is 493. The second kappa shape index (κ2) is 14.5. The first-order valence-corrected chi connectivity index (χ1v) is 15.4. The Labute approximate surface area is 209 Å². The van der Waals surface area contributed by atoms with Gasteiger partial charge in [-0.1, -0.05) is 92.9 Å². The Balaban J connectivity index is 2.21. The quantitative estimate of drug-likeness (QED) is 0.359. The Hall–Kier alpha value is -0.0800. The van der Waals surface area contributed by atoms with Gasteiger partial charge in [-0.3, -0.25) is 0 Å². The molecule has 5 unspecified atom stereocenters. The summed E-state index contributed by atoms with van der Waals surface area (Å²) in [7, 11) is 0. The summed E-state index contributed by atoms with van der Waals surface area (Å²) in [4.78, 5) is 0. The molecule has 2 aliphatic rings. The Morgan fingerprint density at radius 3 is 2.09 bits per heavy atom. The summed E-state index contributed by atoms with van der Waals surface area (Å²) in [6.07, 6.45) is 23.1. The molecule has 3 N–H and O–H groups in total. The Morgan fingerprint density at radius 1 is 0.818 bits per heavy atom. The van der Waals surface area contributed by atoms with Crippen molar-refractivity contribution < 1.29 is 0 Å². The number of nitrogens with one attached hydrogen (secondary N) is 1. The van der Waals surface area contributed by atoms with Crippen molar-refractivity contribution in [2.75, 3.05) is 6.54 Å². The van der Waals surface area contributed by atoms with E-state index in [0.29, 0.717) is 17.4 Å². The van der Waals surface area contributed by atoms with Gasteiger partial charge in [0.25, 0.3) is 0 Å². The minimum absolute atomic E-state index is 0.00934. The monoisotopic (exact) mass is 462 g/mol. The van der Waals surface area contributed by atoms with Crippen LogP contribution in [0.25, 0.3) is 0 Å². The van der Waals surface area contributed by atoms with Gasteiger partial charge in [0.15, 0.2) is 0 Å². The second-order valence-electron chi connectivity index (χ2n) is 12.4. The second-order valence-corrected chi connectivity index (χ2v) is 12.4. The van der Waals surface area contributed by atoms with Gasteiger partial charge >= 0.3 is 0 Å². The van der Waals surface area contributed by atoms with Crippen molar-refractivity contribution in [3.05, 3.63) is 0 Å². The van der Waals surface area contributed by atoms with E-state index in [2.05, 4.69) is 46.9 Å². The average molecular weight is 463 g/mol. The summed E-state index contributed by atoms with van der Waals surface area (Å²) in [5.41, 5.74) is 7.85. The van der Waals surface area contributed by atoms with Gasteiger partial charge in [-0.2, -0.15) is 0 Å². The minimum Gasteiger partial charge on any atom is -0.325 e. The average Bonchev–Trinajstić information content (AvgIpc) is 2.80. The molecule has 1 aliphatic heterocycles. The van der Waals surface area contributed by atoms with Crippen LogP contribution in [0.4, 0.5) is 0 Å². The molecule has 0 aromatic carbocycles. The lowest BCUT2D eigenvalue weighted by molar-refractivity contribution is 0.0869. The molecule has 5 atom stereocenters. The Morgan fingerprint density at radius 2 is 1.48 bits per heavy atom. The first-order chi connectivity index (χ1) is 15.9. The summed E-state index contributed by atoms with van der Waals surface area (Å²) >= 11 is 0. The predicted octanol–water partition coefficient (Wildman–Crippen LogP) is 8.87. The van der Waals surface area contributed by atoms with E-state index >= 15 is 0 Å². The highest BCUT2D eigenvalue weighted by Crippen LogP contribution is 2.44. The van der Waals surface area contributed by atoms with Crippen LogP contribution >= 0.6 is 0 Å². The van der Waals surface area contributed by atoms with Gasteiger partial charge in [0, 0.05) is 11.6 Å². The van der Waals surface area contributed by atoms with Crippen molar-refractivity contribution >= 4 is 0 Å². The largest absolute Gasteiger partial charge is 0.325 e. The van der Waals surface area contributed by atoms with Crippen LogP contribution in [-0.2, 0) is 0 Å². The van der Waals surface area contributed by atoms with Gasteiger partial charge in [-0.15, -0.1) is 0 Å². The lowest BCUT2D eigenvalue weighted by Crippen LogP contribution is -2.54. The third-order valence-electron chi connectivity index (χ3n) is 10.5. The molecule has 2 nitrogen and oxygen atoms in total. The maximum atomic E-state index is 7.24. The van der Waals surface area contributed by atoms with E-state index in [1.54, 1.807) is 0 Å². The molecule has 1 saturated heterocycles. The third-order valence-corrected chi connectivity index (χ3v) is 10.5. The number of nitrogens with two attached hydrogens (primary N) is 1. The fourth-order valence-electron chi connectivity index (χ4n) is 8.29. The van der Waals surface area contributed by atoms with Gasteiger partial charge < -0.3 is 11.1 Å². The molecule has 2 rings (SSSR count). The fraction of sp³-hybridized carbons (Fsp3) is 1.00. The molecule has 0 spiro atoms. The van der Waals surface area contributed by atoms with Crippen LogP contribution in [0.5, 0.6) is 0 Å². The zero-order valence-electron chi connectivity index (χ0n) is 23.7. The predicted molar refractivity (Wildman–Crippen MR) is 148 cm³/mol. The zero-order valence-corrected chi connectivity index (χ0v) is 23.7. The van der Waals surface area contributed by atoms with Crippen molar-refractivity contribution in [2.45, 2.75) is 162 Å². The van der Waals surface area contributed by atoms with Gasteiger partial charge in [0.05, 0.1) is 0 Å².